The molecule has 17 heavy (non-hydrogen) atoms. The summed E-state index contributed by atoms with van der Waals surface area (Å²) in [5.41, 5.74) is 0.850. The first-order chi connectivity index (χ1) is 7.58. The Bertz CT molecular complexity index is 394. The molecule has 1 aromatic rings. The number of carbonyl (C=O) groups excluding carboxylic acids is 1. The van der Waals surface area contributed by atoms with Crippen molar-refractivity contribution in [3.05, 3.63) is 11.8 Å². The van der Waals surface area contributed by atoms with Gasteiger partial charge in [-0.2, -0.15) is 5.10 Å². The molecule has 0 aliphatic rings. The summed E-state index contributed by atoms with van der Waals surface area (Å²) in [6.45, 7) is 12.1. The molecule has 1 aromatic heterocycles. The van der Waals surface area contributed by atoms with Crippen LogP contribution in [-0.4, -0.2) is 16.1 Å². The predicted molar refractivity (Wildman–Crippen MR) is 69.8 cm³/mol. The third kappa shape index (κ3) is 4.59. The van der Waals surface area contributed by atoms with Gasteiger partial charge in [-0.05, 0) is 11.8 Å². The lowest BCUT2D eigenvalue weighted by Crippen LogP contribution is -2.27. The maximum Gasteiger partial charge on any atom is 0.230 e. The molecule has 0 unspecified atom stereocenters. The van der Waals surface area contributed by atoms with Crippen molar-refractivity contribution in [2.45, 2.75) is 48.0 Å². The zero-order valence-electron chi connectivity index (χ0n) is 11.6. The van der Waals surface area contributed by atoms with Crippen LogP contribution in [0.2, 0.25) is 0 Å². The number of amides is 1. The number of H-pyrrole nitrogens is 1. The number of nitrogens with one attached hydrogen (secondary N) is 2. The van der Waals surface area contributed by atoms with Gasteiger partial charge >= 0.3 is 0 Å². The summed E-state index contributed by atoms with van der Waals surface area (Å²) >= 11 is 0. The van der Waals surface area contributed by atoms with Crippen molar-refractivity contribution in [3.8, 4) is 0 Å². The van der Waals surface area contributed by atoms with Crippen LogP contribution in [-0.2, 0) is 11.2 Å². The lowest BCUT2D eigenvalue weighted by atomic mass is 9.91. The van der Waals surface area contributed by atoms with E-state index in [1.807, 2.05) is 26.8 Å². The largest absolute Gasteiger partial charge is 0.309 e. The third-order valence-electron chi connectivity index (χ3n) is 2.27. The van der Waals surface area contributed by atoms with Crippen LogP contribution in [0.25, 0.3) is 0 Å². The topological polar surface area (TPSA) is 57.8 Å². The van der Waals surface area contributed by atoms with Gasteiger partial charge in [0.15, 0.2) is 5.82 Å². The first kappa shape index (κ1) is 13.7. The minimum absolute atomic E-state index is 0.0219. The molecular formula is C13H23N3O. The first-order valence-electron chi connectivity index (χ1n) is 5.94. The van der Waals surface area contributed by atoms with Gasteiger partial charge in [-0.25, -0.2) is 0 Å². The van der Waals surface area contributed by atoms with Crippen LogP contribution < -0.4 is 5.32 Å². The zero-order valence-corrected chi connectivity index (χ0v) is 11.6. The van der Waals surface area contributed by atoms with E-state index >= 15 is 0 Å². The molecule has 0 atom stereocenters. The molecule has 4 heteroatoms. The first-order valence-corrected chi connectivity index (χ1v) is 5.94. The Kier molecular flexibility index (Phi) is 3.65. The van der Waals surface area contributed by atoms with Gasteiger partial charge in [0.25, 0.3) is 0 Å². The molecule has 0 saturated carbocycles. The van der Waals surface area contributed by atoms with E-state index in [0.29, 0.717) is 5.82 Å². The fourth-order valence-electron chi connectivity index (χ4n) is 1.39. The SMILES string of the molecule is CC(C)(C)Cc1cc(NC(=O)C(C)(C)C)n[nH]1. The van der Waals surface area contributed by atoms with Crippen molar-refractivity contribution in [2.24, 2.45) is 10.8 Å². The van der Waals surface area contributed by atoms with Gasteiger partial charge in [0.05, 0.1) is 0 Å². The summed E-state index contributed by atoms with van der Waals surface area (Å²) in [6.07, 6.45) is 0.908. The summed E-state index contributed by atoms with van der Waals surface area (Å²) < 4.78 is 0. The zero-order chi connectivity index (χ0) is 13.3. The molecule has 1 heterocycles. The molecule has 0 radical (unpaired) electrons. The van der Waals surface area contributed by atoms with E-state index < -0.39 is 5.41 Å². The summed E-state index contributed by atoms with van der Waals surface area (Å²) in [6, 6.07) is 1.90. The number of carbonyl (C=O) groups is 1. The Morgan fingerprint density at radius 2 is 1.88 bits per heavy atom. The summed E-state index contributed by atoms with van der Waals surface area (Å²) in [5.74, 6) is 0.579. The van der Waals surface area contributed by atoms with Crippen LogP contribution in [0.3, 0.4) is 0 Å². The molecule has 1 amide bonds. The Labute approximate surface area is 103 Å². The van der Waals surface area contributed by atoms with Crippen molar-refractivity contribution >= 4 is 11.7 Å². The van der Waals surface area contributed by atoms with E-state index in [0.717, 1.165) is 12.1 Å². The number of hydrogen-bond donors (Lipinski definition) is 2. The second-order valence-electron chi connectivity index (χ2n) is 6.72. The predicted octanol–water partition coefficient (Wildman–Crippen LogP) is 2.98. The molecule has 0 aliphatic carbocycles. The minimum Gasteiger partial charge on any atom is -0.309 e. The van der Waals surface area contributed by atoms with Crippen molar-refractivity contribution in [1.82, 2.24) is 10.2 Å². The van der Waals surface area contributed by atoms with Gasteiger partial charge in [0, 0.05) is 17.2 Å². The number of hydrogen-bond acceptors (Lipinski definition) is 2. The second-order valence-corrected chi connectivity index (χ2v) is 6.72. The molecule has 96 valence electrons. The van der Waals surface area contributed by atoms with E-state index in [1.54, 1.807) is 0 Å². The molecule has 0 bridgehead atoms. The molecule has 4 nitrogen and oxygen atoms in total. The van der Waals surface area contributed by atoms with E-state index in [9.17, 15) is 4.79 Å². The molecule has 2 N–H and O–H groups in total. The van der Waals surface area contributed by atoms with E-state index in [4.69, 9.17) is 0 Å². The van der Waals surface area contributed by atoms with Crippen LogP contribution in [0, 0.1) is 10.8 Å². The van der Waals surface area contributed by atoms with Crippen molar-refractivity contribution in [2.75, 3.05) is 5.32 Å². The Balaban J connectivity index is 2.67. The van der Waals surface area contributed by atoms with Crippen LogP contribution >= 0.6 is 0 Å². The highest BCUT2D eigenvalue weighted by molar-refractivity contribution is 5.93. The van der Waals surface area contributed by atoms with Crippen LogP contribution in [0.15, 0.2) is 6.07 Å². The smallest absolute Gasteiger partial charge is 0.230 e. The fraction of sp³-hybridized carbons (Fsp3) is 0.692. The normalized spacial score (nSPS) is 12.6. The Morgan fingerprint density at radius 3 is 2.35 bits per heavy atom. The second kappa shape index (κ2) is 4.51. The number of nitrogens with zero attached hydrogens (tertiary/aromatic N) is 1. The number of rotatable bonds is 2. The maximum absolute atomic E-state index is 11.8. The van der Waals surface area contributed by atoms with Crippen LogP contribution in [0.1, 0.15) is 47.2 Å². The molecule has 0 aromatic carbocycles. The number of aromatic amines is 1. The molecule has 0 fully saturated rings. The van der Waals surface area contributed by atoms with Gasteiger partial charge in [-0.15, -0.1) is 0 Å². The van der Waals surface area contributed by atoms with Crippen molar-refractivity contribution in [3.63, 3.8) is 0 Å². The van der Waals surface area contributed by atoms with Crippen molar-refractivity contribution in [1.29, 1.82) is 0 Å². The highest BCUT2D eigenvalue weighted by Crippen LogP contribution is 2.21. The summed E-state index contributed by atoms with van der Waals surface area (Å²) in [5, 5.41) is 9.86. The standard InChI is InChI=1S/C13H23N3O/c1-12(2,3)8-9-7-10(16-15-9)14-11(17)13(4,5)6/h7H,8H2,1-6H3,(H2,14,15,16,17). The molecule has 0 aliphatic heterocycles. The number of anilines is 1. The van der Waals surface area contributed by atoms with Gasteiger partial charge in [-0.3, -0.25) is 9.89 Å². The average molecular weight is 237 g/mol. The summed E-state index contributed by atoms with van der Waals surface area (Å²) in [4.78, 5) is 11.8. The highest BCUT2D eigenvalue weighted by Gasteiger charge is 2.22. The highest BCUT2D eigenvalue weighted by atomic mass is 16.2. The van der Waals surface area contributed by atoms with Crippen molar-refractivity contribution < 1.29 is 4.79 Å². The van der Waals surface area contributed by atoms with Gasteiger partial charge in [0.1, 0.15) is 0 Å². The third-order valence-corrected chi connectivity index (χ3v) is 2.27. The molecular weight excluding hydrogens is 214 g/mol. The summed E-state index contributed by atoms with van der Waals surface area (Å²) in [7, 11) is 0. The van der Waals surface area contributed by atoms with E-state index in [1.165, 1.54) is 0 Å². The quantitative estimate of drug-likeness (QED) is 0.830. The van der Waals surface area contributed by atoms with Gasteiger partial charge < -0.3 is 5.32 Å². The van der Waals surface area contributed by atoms with Crippen LogP contribution in [0.5, 0.6) is 0 Å². The monoisotopic (exact) mass is 237 g/mol. The molecule has 1 rings (SSSR count). The Morgan fingerprint density at radius 1 is 1.29 bits per heavy atom. The van der Waals surface area contributed by atoms with E-state index in [2.05, 4.69) is 36.3 Å². The Hall–Kier alpha value is -1.32. The fourth-order valence-corrected chi connectivity index (χ4v) is 1.39. The molecule has 0 saturated heterocycles. The lowest BCUT2D eigenvalue weighted by Gasteiger charge is -2.16. The van der Waals surface area contributed by atoms with Gasteiger partial charge in [-0.1, -0.05) is 41.5 Å². The van der Waals surface area contributed by atoms with Gasteiger partial charge in [0.2, 0.25) is 5.91 Å². The molecule has 0 spiro atoms. The average Bonchev–Trinajstić information content (AvgIpc) is 2.47. The lowest BCUT2D eigenvalue weighted by molar-refractivity contribution is -0.123. The van der Waals surface area contributed by atoms with Crippen LogP contribution in [0.4, 0.5) is 5.82 Å². The van der Waals surface area contributed by atoms with E-state index in [-0.39, 0.29) is 11.3 Å². The minimum atomic E-state index is -0.400. The maximum atomic E-state index is 11.8. The number of aromatic nitrogens is 2.